The van der Waals surface area contributed by atoms with E-state index < -0.39 is 5.60 Å². The largest absolute Gasteiger partial charge is 0.388 e. The number of rotatable bonds is 7. The first-order valence-corrected chi connectivity index (χ1v) is 6.82. The van der Waals surface area contributed by atoms with Crippen LogP contribution in [0.3, 0.4) is 0 Å². The van der Waals surface area contributed by atoms with Crippen molar-refractivity contribution >= 4 is 16.3 Å². The molecule has 0 spiro atoms. The molecule has 0 amide bonds. The first kappa shape index (κ1) is 13.5. The Morgan fingerprint density at radius 1 is 1.61 bits per heavy atom. The molecule has 5 nitrogen and oxygen atoms in total. The van der Waals surface area contributed by atoms with Gasteiger partial charge in [-0.25, -0.2) is 4.98 Å². The predicted molar refractivity (Wildman–Crippen MR) is 72.1 cm³/mol. The van der Waals surface area contributed by atoms with Crippen molar-refractivity contribution in [1.82, 2.24) is 14.7 Å². The fourth-order valence-electron chi connectivity index (χ4n) is 1.85. The molecule has 100 valence electrons. The molecular formula is C12H19N3O2S. The number of ether oxygens (including phenoxy) is 1. The van der Waals surface area contributed by atoms with E-state index in [4.69, 9.17) is 4.74 Å². The Balaban J connectivity index is 1.88. The number of nitrogens with zero attached hydrogens (tertiary/aromatic N) is 2. The third-order valence-corrected chi connectivity index (χ3v) is 3.46. The normalized spacial score (nSPS) is 15.1. The van der Waals surface area contributed by atoms with Crippen molar-refractivity contribution in [3.63, 3.8) is 0 Å². The zero-order valence-corrected chi connectivity index (χ0v) is 11.5. The number of aromatic nitrogens is 2. The molecule has 1 unspecified atom stereocenters. The standard InChI is InChI=1S/C12H19N3O2S/c1-12(16,9-13-3-5-17-2)7-10-8-15-4-6-18-11(15)14-10/h4,6,8,13,16H,3,5,7,9H2,1-2H3. The molecule has 0 aromatic carbocycles. The molecule has 0 fully saturated rings. The summed E-state index contributed by atoms with van der Waals surface area (Å²) in [6.45, 7) is 3.74. The van der Waals surface area contributed by atoms with Crippen molar-refractivity contribution in [1.29, 1.82) is 0 Å². The van der Waals surface area contributed by atoms with Gasteiger partial charge in [0.2, 0.25) is 0 Å². The lowest BCUT2D eigenvalue weighted by Crippen LogP contribution is -2.40. The Hall–Kier alpha value is -0.950. The number of fused-ring (bicyclic) bond motifs is 1. The van der Waals surface area contributed by atoms with Crippen LogP contribution in [0.25, 0.3) is 4.96 Å². The van der Waals surface area contributed by atoms with Crippen LogP contribution < -0.4 is 5.32 Å². The summed E-state index contributed by atoms with van der Waals surface area (Å²) < 4.78 is 6.93. The van der Waals surface area contributed by atoms with Crippen molar-refractivity contribution in [2.24, 2.45) is 0 Å². The molecule has 0 radical (unpaired) electrons. The molecule has 0 saturated carbocycles. The van der Waals surface area contributed by atoms with Gasteiger partial charge in [0.25, 0.3) is 0 Å². The molecule has 0 bridgehead atoms. The van der Waals surface area contributed by atoms with Crippen LogP contribution in [0.4, 0.5) is 0 Å². The highest BCUT2D eigenvalue weighted by molar-refractivity contribution is 7.15. The summed E-state index contributed by atoms with van der Waals surface area (Å²) >= 11 is 1.60. The highest BCUT2D eigenvalue weighted by Gasteiger charge is 2.22. The van der Waals surface area contributed by atoms with Crippen LogP contribution in [0.15, 0.2) is 17.8 Å². The van der Waals surface area contributed by atoms with E-state index in [-0.39, 0.29) is 0 Å². The summed E-state index contributed by atoms with van der Waals surface area (Å²) in [6, 6.07) is 0. The fraction of sp³-hybridized carbons (Fsp3) is 0.583. The van der Waals surface area contributed by atoms with Crippen molar-refractivity contribution in [2.45, 2.75) is 18.9 Å². The maximum Gasteiger partial charge on any atom is 0.193 e. The molecule has 0 aliphatic carbocycles. The fourth-order valence-corrected chi connectivity index (χ4v) is 2.56. The molecule has 0 aliphatic heterocycles. The molecule has 0 aliphatic rings. The van der Waals surface area contributed by atoms with Crippen LogP contribution in [0.2, 0.25) is 0 Å². The van der Waals surface area contributed by atoms with E-state index in [1.165, 1.54) is 0 Å². The number of imidazole rings is 1. The van der Waals surface area contributed by atoms with Gasteiger partial charge in [-0.2, -0.15) is 0 Å². The van der Waals surface area contributed by atoms with E-state index in [9.17, 15) is 5.11 Å². The maximum atomic E-state index is 10.3. The molecule has 2 N–H and O–H groups in total. The Morgan fingerprint density at radius 3 is 3.17 bits per heavy atom. The van der Waals surface area contributed by atoms with Gasteiger partial charge in [-0.15, -0.1) is 11.3 Å². The zero-order valence-electron chi connectivity index (χ0n) is 10.7. The van der Waals surface area contributed by atoms with Gasteiger partial charge < -0.3 is 15.2 Å². The quantitative estimate of drug-likeness (QED) is 0.734. The van der Waals surface area contributed by atoms with E-state index in [0.717, 1.165) is 17.2 Å². The zero-order chi connectivity index (χ0) is 13.0. The molecule has 2 aromatic rings. The van der Waals surface area contributed by atoms with E-state index in [1.54, 1.807) is 18.4 Å². The first-order valence-electron chi connectivity index (χ1n) is 5.94. The molecular weight excluding hydrogens is 250 g/mol. The minimum Gasteiger partial charge on any atom is -0.388 e. The van der Waals surface area contributed by atoms with Gasteiger partial charge in [0, 0.05) is 44.4 Å². The van der Waals surface area contributed by atoms with E-state index in [0.29, 0.717) is 19.6 Å². The monoisotopic (exact) mass is 269 g/mol. The average molecular weight is 269 g/mol. The minimum atomic E-state index is -0.794. The number of nitrogens with one attached hydrogen (secondary N) is 1. The molecule has 2 rings (SSSR count). The third-order valence-electron chi connectivity index (χ3n) is 2.69. The molecule has 2 aromatic heterocycles. The highest BCUT2D eigenvalue weighted by atomic mass is 32.1. The van der Waals surface area contributed by atoms with Gasteiger partial charge in [-0.05, 0) is 6.92 Å². The first-order chi connectivity index (χ1) is 8.61. The van der Waals surface area contributed by atoms with Gasteiger partial charge >= 0.3 is 0 Å². The number of hydrogen-bond acceptors (Lipinski definition) is 5. The lowest BCUT2D eigenvalue weighted by atomic mass is 10.0. The van der Waals surface area contributed by atoms with E-state index in [1.807, 2.05) is 29.1 Å². The number of methoxy groups -OCH3 is 1. The lowest BCUT2D eigenvalue weighted by Gasteiger charge is -2.22. The van der Waals surface area contributed by atoms with Gasteiger partial charge in [0.15, 0.2) is 4.96 Å². The summed E-state index contributed by atoms with van der Waals surface area (Å²) in [6.07, 6.45) is 4.49. The Kier molecular flexibility index (Phi) is 4.34. The summed E-state index contributed by atoms with van der Waals surface area (Å²) in [7, 11) is 1.66. The SMILES string of the molecule is COCCNCC(C)(O)Cc1cn2ccsc2n1. The Bertz CT molecular complexity index is 464. The summed E-state index contributed by atoms with van der Waals surface area (Å²) in [4.78, 5) is 5.44. The summed E-state index contributed by atoms with van der Waals surface area (Å²) in [5, 5.41) is 15.4. The van der Waals surface area contributed by atoms with Gasteiger partial charge in [-0.1, -0.05) is 0 Å². The van der Waals surface area contributed by atoms with Crippen LogP contribution in [0.5, 0.6) is 0 Å². The Morgan fingerprint density at radius 2 is 2.44 bits per heavy atom. The van der Waals surface area contributed by atoms with Gasteiger partial charge in [-0.3, -0.25) is 4.40 Å². The highest BCUT2D eigenvalue weighted by Crippen LogP contribution is 2.16. The Labute approximate surface area is 110 Å². The smallest absolute Gasteiger partial charge is 0.193 e. The topological polar surface area (TPSA) is 58.8 Å². The summed E-state index contributed by atoms with van der Waals surface area (Å²) in [5.41, 5.74) is 0.123. The van der Waals surface area contributed by atoms with Gasteiger partial charge in [0.1, 0.15) is 0 Å². The van der Waals surface area contributed by atoms with Crippen molar-refractivity contribution in [2.75, 3.05) is 26.8 Å². The molecule has 2 heterocycles. The second kappa shape index (κ2) is 5.79. The average Bonchev–Trinajstić information content (AvgIpc) is 2.84. The predicted octanol–water partition coefficient (Wildman–Crippen LogP) is 0.925. The second-order valence-electron chi connectivity index (χ2n) is 4.67. The van der Waals surface area contributed by atoms with Crippen LogP contribution in [-0.2, 0) is 11.2 Å². The molecule has 0 saturated heterocycles. The number of hydrogen-bond donors (Lipinski definition) is 2. The maximum absolute atomic E-state index is 10.3. The molecule has 1 atom stereocenters. The van der Waals surface area contributed by atoms with E-state index >= 15 is 0 Å². The van der Waals surface area contributed by atoms with E-state index in [2.05, 4.69) is 10.3 Å². The van der Waals surface area contributed by atoms with Crippen molar-refractivity contribution < 1.29 is 9.84 Å². The minimum absolute atomic E-state index is 0.529. The van der Waals surface area contributed by atoms with Gasteiger partial charge in [0.05, 0.1) is 17.9 Å². The second-order valence-corrected chi connectivity index (χ2v) is 5.54. The third kappa shape index (κ3) is 3.52. The van der Waals surface area contributed by atoms with Crippen molar-refractivity contribution in [3.8, 4) is 0 Å². The number of aliphatic hydroxyl groups is 1. The lowest BCUT2D eigenvalue weighted by molar-refractivity contribution is 0.0573. The van der Waals surface area contributed by atoms with Crippen LogP contribution in [0, 0.1) is 0 Å². The van der Waals surface area contributed by atoms with Crippen LogP contribution in [0.1, 0.15) is 12.6 Å². The van der Waals surface area contributed by atoms with Crippen molar-refractivity contribution in [3.05, 3.63) is 23.5 Å². The molecule has 6 heteroatoms. The summed E-state index contributed by atoms with van der Waals surface area (Å²) in [5.74, 6) is 0. The number of thiazole rings is 1. The molecule has 18 heavy (non-hydrogen) atoms. The van der Waals surface area contributed by atoms with Crippen LogP contribution in [-0.4, -0.2) is 46.9 Å². The van der Waals surface area contributed by atoms with Crippen LogP contribution >= 0.6 is 11.3 Å².